The first-order chi connectivity index (χ1) is 13.7. The molecule has 0 saturated carbocycles. The van der Waals surface area contributed by atoms with Gasteiger partial charge in [0.15, 0.2) is 0 Å². The molecule has 0 fully saturated rings. The molecule has 0 aliphatic carbocycles. The van der Waals surface area contributed by atoms with Gasteiger partial charge < -0.3 is 0 Å². The van der Waals surface area contributed by atoms with E-state index in [4.69, 9.17) is 0 Å². The zero-order chi connectivity index (χ0) is 19.1. The highest BCUT2D eigenvalue weighted by Crippen LogP contribution is 2.39. The van der Waals surface area contributed by atoms with E-state index in [1.807, 2.05) is 0 Å². The van der Waals surface area contributed by atoms with Crippen molar-refractivity contribution in [1.29, 1.82) is 0 Å². The second-order valence-corrected chi connectivity index (χ2v) is 7.50. The van der Waals surface area contributed by atoms with Crippen LogP contribution < -0.4 is 0 Å². The molecule has 0 spiro atoms. The quantitative estimate of drug-likeness (QED) is 0.300. The molecule has 0 aromatic heterocycles. The van der Waals surface area contributed by atoms with Gasteiger partial charge in [-0.1, -0.05) is 97.1 Å². The van der Waals surface area contributed by atoms with Crippen LogP contribution >= 0.6 is 0 Å². The van der Waals surface area contributed by atoms with Gasteiger partial charge >= 0.3 is 0 Å². The maximum Gasteiger partial charge on any atom is -0.00990 e. The third-order valence-electron chi connectivity index (χ3n) is 5.79. The number of benzene rings is 5. The second kappa shape index (κ2) is 6.65. The molecule has 0 unspecified atom stereocenters. The van der Waals surface area contributed by atoms with E-state index in [1.54, 1.807) is 0 Å². The molecule has 0 N–H and O–H groups in total. The summed E-state index contributed by atoms with van der Waals surface area (Å²) in [6, 6.07) is 35.2. The molecule has 0 saturated heterocycles. The lowest BCUT2D eigenvalue weighted by atomic mass is 9.88. The minimum Gasteiger partial charge on any atom is -0.0616 e. The van der Waals surface area contributed by atoms with Crippen LogP contribution in [0, 0.1) is 13.8 Å². The Morgan fingerprint density at radius 3 is 1.11 bits per heavy atom. The number of hydrogen-bond acceptors (Lipinski definition) is 0. The average Bonchev–Trinajstić information content (AvgIpc) is 2.75. The average molecular weight is 358 g/mol. The van der Waals surface area contributed by atoms with E-state index in [2.05, 4.69) is 111 Å². The van der Waals surface area contributed by atoms with Gasteiger partial charge in [-0.2, -0.15) is 0 Å². The topological polar surface area (TPSA) is 0 Å². The minimum atomic E-state index is 1.28. The van der Waals surface area contributed by atoms with Crippen LogP contribution in [0.5, 0.6) is 0 Å². The molecule has 0 radical (unpaired) electrons. The van der Waals surface area contributed by atoms with Gasteiger partial charge in [-0.15, -0.1) is 0 Å². The zero-order valence-electron chi connectivity index (χ0n) is 16.2. The molecular formula is C28H22. The first-order valence-corrected chi connectivity index (χ1v) is 9.80. The van der Waals surface area contributed by atoms with Crippen LogP contribution in [0.25, 0.3) is 43.8 Å². The van der Waals surface area contributed by atoms with Crippen LogP contribution in [0.1, 0.15) is 11.1 Å². The normalized spacial score (nSPS) is 11.2. The predicted octanol–water partition coefficient (Wildman–Crippen LogP) is 7.94. The monoisotopic (exact) mass is 358 g/mol. The maximum atomic E-state index is 2.27. The molecule has 0 aliphatic rings. The van der Waals surface area contributed by atoms with Crippen LogP contribution in [0.15, 0.2) is 97.1 Å². The van der Waals surface area contributed by atoms with Crippen LogP contribution in [0.3, 0.4) is 0 Å². The Bertz CT molecular complexity index is 1220. The van der Waals surface area contributed by atoms with E-state index in [1.165, 1.54) is 54.9 Å². The third kappa shape index (κ3) is 2.61. The molecule has 5 rings (SSSR count). The van der Waals surface area contributed by atoms with Gasteiger partial charge in [0.25, 0.3) is 0 Å². The fourth-order valence-electron chi connectivity index (χ4n) is 4.32. The summed E-state index contributed by atoms with van der Waals surface area (Å²) < 4.78 is 0. The van der Waals surface area contributed by atoms with Gasteiger partial charge in [0.1, 0.15) is 0 Å². The Labute approximate surface area is 166 Å². The van der Waals surface area contributed by atoms with E-state index in [-0.39, 0.29) is 0 Å². The van der Waals surface area contributed by atoms with Gasteiger partial charge in [-0.25, -0.2) is 0 Å². The number of hydrogen-bond donors (Lipinski definition) is 0. The summed E-state index contributed by atoms with van der Waals surface area (Å²) in [5.41, 5.74) is 7.79. The van der Waals surface area contributed by atoms with Crippen molar-refractivity contribution in [3.05, 3.63) is 108 Å². The van der Waals surface area contributed by atoms with E-state index in [0.717, 1.165) is 0 Å². The number of fused-ring (bicyclic) bond motifs is 2. The molecule has 5 aromatic carbocycles. The third-order valence-corrected chi connectivity index (χ3v) is 5.79. The molecule has 28 heavy (non-hydrogen) atoms. The highest BCUT2D eigenvalue weighted by molar-refractivity contribution is 6.06. The zero-order valence-corrected chi connectivity index (χ0v) is 16.2. The van der Waals surface area contributed by atoms with Gasteiger partial charge in [-0.05, 0) is 68.8 Å². The molecule has 134 valence electrons. The van der Waals surface area contributed by atoms with Crippen molar-refractivity contribution in [3.8, 4) is 22.3 Å². The maximum absolute atomic E-state index is 2.27. The Kier molecular flexibility index (Phi) is 3.98. The SMILES string of the molecule is Cc1ccc(-c2ccccc2-c2ccc(C)c3ccccc23)c2ccccc12. The molecule has 0 heteroatoms. The Morgan fingerprint density at radius 1 is 0.321 bits per heavy atom. The number of aryl methyl sites for hydroxylation is 2. The summed E-state index contributed by atoms with van der Waals surface area (Å²) in [6.45, 7) is 4.37. The molecule has 5 aromatic rings. The van der Waals surface area contributed by atoms with E-state index >= 15 is 0 Å². The van der Waals surface area contributed by atoms with Crippen LogP contribution in [0.2, 0.25) is 0 Å². The first kappa shape index (κ1) is 16.8. The molecule has 0 aliphatic heterocycles. The molecule has 0 amide bonds. The standard InChI is InChI=1S/C28H22/c1-19-15-17-27(23-11-5-3-9-21(19)23)25-13-7-8-14-26(25)28-18-16-20(2)22-10-4-6-12-24(22)28/h3-18H,1-2H3. The van der Waals surface area contributed by atoms with Crippen molar-refractivity contribution < 1.29 is 0 Å². The second-order valence-electron chi connectivity index (χ2n) is 7.50. The van der Waals surface area contributed by atoms with Crippen molar-refractivity contribution in [2.45, 2.75) is 13.8 Å². The number of rotatable bonds is 2. The highest BCUT2D eigenvalue weighted by atomic mass is 14.2. The largest absolute Gasteiger partial charge is 0.0616 e. The van der Waals surface area contributed by atoms with Gasteiger partial charge in [0.2, 0.25) is 0 Å². The van der Waals surface area contributed by atoms with E-state index < -0.39 is 0 Å². The molecule has 0 nitrogen and oxygen atoms in total. The summed E-state index contributed by atoms with van der Waals surface area (Å²) in [5.74, 6) is 0. The van der Waals surface area contributed by atoms with Gasteiger partial charge in [0, 0.05) is 0 Å². The Balaban J connectivity index is 1.84. The van der Waals surface area contributed by atoms with Crippen LogP contribution in [-0.2, 0) is 0 Å². The lowest BCUT2D eigenvalue weighted by Crippen LogP contribution is -1.90. The minimum absolute atomic E-state index is 1.28. The van der Waals surface area contributed by atoms with Crippen molar-refractivity contribution in [1.82, 2.24) is 0 Å². The van der Waals surface area contributed by atoms with Crippen molar-refractivity contribution in [3.63, 3.8) is 0 Å². The Morgan fingerprint density at radius 2 is 0.679 bits per heavy atom. The first-order valence-electron chi connectivity index (χ1n) is 9.80. The Hall–Kier alpha value is -3.38. The van der Waals surface area contributed by atoms with Crippen molar-refractivity contribution in [2.24, 2.45) is 0 Å². The highest BCUT2D eigenvalue weighted by Gasteiger charge is 2.13. The fourth-order valence-corrected chi connectivity index (χ4v) is 4.32. The van der Waals surface area contributed by atoms with Gasteiger partial charge in [0.05, 0.1) is 0 Å². The smallest absolute Gasteiger partial charge is 0.00990 e. The van der Waals surface area contributed by atoms with Crippen LogP contribution in [0.4, 0.5) is 0 Å². The summed E-state index contributed by atoms with van der Waals surface area (Å²) in [6.07, 6.45) is 0. The van der Waals surface area contributed by atoms with E-state index in [9.17, 15) is 0 Å². The summed E-state index contributed by atoms with van der Waals surface area (Å²) in [5, 5.41) is 5.27. The van der Waals surface area contributed by atoms with Crippen molar-refractivity contribution in [2.75, 3.05) is 0 Å². The van der Waals surface area contributed by atoms with Gasteiger partial charge in [-0.3, -0.25) is 0 Å². The summed E-state index contributed by atoms with van der Waals surface area (Å²) in [4.78, 5) is 0. The molecular weight excluding hydrogens is 336 g/mol. The van der Waals surface area contributed by atoms with E-state index in [0.29, 0.717) is 0 Å². The summed E-state index contributed by atoms with van der Waals surface area (Å²) in [7, 11) is 0. The predicted molar refractivity (Wildman–Crippen MR) is 122 cm³/mol. The molecule has 0 heterocycles. The lowest BCUT2D eigenvalue weighted by Gasteiger charge is -2.16. The fraction of sp³-hybridized carbons (Fsp3) is 0.0714. The lowest BCUT2D eigenvalue weighted by molar-refractivity contribution is 1.51. The molecule has 0 bridgehead atoms. The van der Waals surface area contributed by atoms with Crippen molar-refractivity contribution >= 4 is 21.5 Å². The molecule has 0 atom stereocenters. The van der Waals surface area contributed by atoms with Crippen LogP contribution in [-0.4, -0.2) is 0 Å². The summed E-state index contributed by atoms with van der Waals surface area (Å²) >= 11 is 0.